The standard InChI is InChI=1S/C14H15BrN2O2/c1-4-19-14(18)10-7-17-12-8(2)11(15)6-5-9(12)13(10)16-3/h5-7H,4H2,1-3H3,(H,16,17). The molecular formula is C14H15BrN2O2. The number of halogens is 1. The molecule has 0 amide bonds. The third kappa shape index (κ3) is 2.42. The highest BCUT2D eigenvalue weighted by molar-refractivity contribution is 9.10. The largest absolute Gasteiger partial charge is 0.462 e. The fraction of sp³-hybridized carbons (Fsp3) is 0.286. The molecule has 1 aromatic carbocycles. The van der Waals surface area contributed by atoms with Gasteiger partial charge in [-0.3, -0.25) is 4.98 Å². The molecule has 0 unspecified atom stereocenters. The molecule has 19 heavy (non-hydrogen) atoms. The van der Waals surface area contributed by atoms with Crippen molar-refractivity contribution in [3.05, 3.63) is 33.9 Å². The summed E-state index contributed by atoms with van der Waals surface area (Å²) in [6.45, 7) is 4.12. The summed E-state index contributed by atoms with van der Waals surface area (Å²) in [7, 11) is 1.79. The highest BCUT2D eigenvalue weighted by Gasteiger charge is 2.16. The van der Waals surface area contributed by atoms with Crippen molar-refractivity contribution in [1.29, 1.82) is 0 Å². The third-order valence-corrected chi connectivity index (χ3v) is 3.83. The van der Waals surface area contributed by atoms with Crippen molar-refractivity contribution < 1.29 is 9.53 Å². The summed E-state index contributed by atoms with van der Waals surface area (Å²) in [6, 6.07) is 3.89. The topological polar surface area (TPSA) is 51.2 Å². The van der Waals surface area contributed by atoms with Gasteiger partial charge in [0.1, 0.15) is 5.56 Å². The first-order valence-corrected chi connectivity index (χ1v) is 6.82. The highest BCUT2D eigenvalue weighted by atomic mass is 79.9. The van der Waals surface area contributed by atoms with Crippen molar-refractivity contribution in [3.63, 3.8) is 0 Å². The van der Waals surface area contributed by atoms with Crippen LogP contribution in [0.15, 0.2) is 22.8 Å². The van der Waals surface area contributed by atoms with E-state index in [1.54, 1.807) is 20.2 Å². The predicted octanol–water partition coefficient (Wildman–Crippen LogP) is 3.52. The van der Waals surface area contributed by atoms with Crippen LogP contribution in [0.25, 0.3) is 10.9 Å². The molecular weight excluding hydrogens is 308 g/mol. The number of carbonyl (C=O) groups is 1. The average Bonchev–Trinajstić information content (AvgIpc) is 2.41. The van der Waals surface area contributed by atoms with E-state index in [-0.39, 0.29) is 5.97 Å². The highest BCUT2D eigenvalue weighted by Crippen LogP contribution is 2.31. The summed E-state index contributed by atoms with van der Waals surface area (Å²) < 4.78 is 6.04. The fourth-order valence-electron chi connectivity index (χ4n) is 2.02. The lowest BCUT2D eigenvalue weighted by Gasteiger charge is -2.13. The molecule has 0 saturated carbocycles. The van der Waals surface area contributed by atoms with Gasteiger partial charge in [-0.15, -0.1) is 0 Å². The van der Waals surface area contributed by atoms with Crippen LogP contribution in [-0.2, 0) is 4.74 Å². The average molecular weight is 323 g/mol. The Hall–Kier alpha value is -1.62. The molecule has 0 fully saturated rings. The molecule has 0 atom stereocenters. The Kier molecular flexibility index (Phi) is 4.04. The molecule has 0 aliphatic rings. The lowest BCUT2D eigenvalue weighted by Crippen LogP contribution is -2.09. The van der Waals surface area contributed by atoms with Gasteiger partial charge in [-0.2, -0.15) is 0 Å². The molecule has 5 heteroatoms. The summed E-state index contributed by atoms with van der Waals surface area (Å²) in [4.78, 5) is 16.3. The first-order valence-electron chi connectivity index (χ1n) is 6.02. The molecule has 2 aromatic rings. The van der Waals surface area contributed by atoms with E-state index in [0.29, 0.717) is 12.2 Å². The Morgan fingerprint density at radius 3 is 2.84 bits per heavy atom. The lowest BCUT2D eigenvalue weighted by atomic mass is 10.1. The van der Waals surface area contributed by atoms with E-state index in [9.17, 15) is 4.79 Å². The van der Waals surface area contributed by atoms with Gasteiger partial charge in [0.25, 0.3) is 0 Å². The first-order chi connectivity index (χ1) is 9.10. The molecule has 0 spiro atoms. The second kappa shape index (κ2) is 5.57. The fourth-order valence-corrected chi connectivity index (χ4v) is 2.34. The number of hydrogen-bond donors (Lipinski definition) is 1. The SMILES string of the molecule is CCOC(=O)c1cnc2c(C)c(Br)ccc2c1NC. The number of rotatable bonds is 3. The Morgan fingerprint density at radius 1 is 1.47 bits per heavy atom. The van der Waals surface area contributed by atoms with E-state index in [2.05, 4.69) is 26.2 Å². The number of nitrogens with zero attached hydrogens (tertiary/aromatic N) is 1. The Balaban J connectivity index is 2.70. The van der Waals surface area contributed by atoms with Gasteiger partial charge in [-0.25, -0.2) is 4.79 Å². The van der Waals surface area contributed by atoms with E-state index in [4.69, 9.17) is 4.74 Å². The molecule has 0 aliphatic heterocycles. The Morgan fingerprint density at radius 2 is 2.21 bits per heavy atom. The normalized spacial score (nSPS) is 10.5. The molecule has 1 aromatic heterocycles. The van der Waals surface area contributed by atoms with E-state index >= 15 is 0 Å². The van der Waals surface area contributed by atoms with E-state index < -0.39 is 0 Å². The van der Waals surface area contributed by atoms with E-state index in [1.165, 1.54) is 0 Å². The van der Waals surface area contributed by atoms with Crippen LogP contribution in [0.3, 0.4) is 0 Å². The second-order valence-electron chi connectivity index (χ2n) is 4.09. The van der Waals surface area contributed by atoms with Gasteiger partial charge in [0.15, 0.2) is 0 Å². The van der Waals surface area contributed by atoms with Gasteiger partial charge >= 0.3 is 5.97 Å². The molecule has 1 heterocycles. The van der Waals surface area contributed by atoms with Gasteiger partial charge in [-0.05, 0) is 31.5 Å². The number of aromatic nitrogens is 1. The van der Waals surface area contributed by atoms with Crippen LogP contribution >= 0.6 is 15.9 Å². The van der Waals surface area contributed by atoms with Crippen molar-refractivity contribution in [1.82, 2.24) is 4.98 Å². The molecule has 0 aliphatic carbocycles. The van der Waals surface area contributed by atoms with Gasteiger partial charge in [0.2, 0.25) is 0 Å². The minimum Gasteiger partial charge on any atom is -0.462 e. The molecule has 0 radical (unpaired) electrons. The molecule has 2 rings (SSSR count). The van der Waals surface area contributed by atoms with Gasteiger partial charge in [0.05, 0.1) is 17.8 Å². The van der Waals surface area contributed by atoms with Crippen LogP contribution in [-0.4, -0.2) is 24.6 Å². The van der Waals surface area contributed by atoms with Crippen molar-refractivity contribution in [3.8, 4) is 0 Å². The van der Waals surface area contributed by atoms with Crippen LogP contribution in [0, 0.1) is 6.92 Å². The summed E-state index contributed by atoms with van der Waals surface area (Å²) in [5.74, 6) is -0.359. The molecule has 0 saturated heterocycles. The number of hydrogen-bond acceptors (Lipinski definition) is 4. The zero-order chi connectivity index (χ0) is 14.0. The van der Waals surface area contributed by atoms with Crippen molar-refractivity contribution in [2.24, 2.45) is 0 Å². The summed E-state index contributed by atoms with van der Waals surface area (Å²) in [5.41, 5.74) is 3.12. The van der Waals surface area contributed by atoms with Crippen LogP contribution in [0.5, 0.6) is 0 Å². The Bertz CT molecular complexity index is 641. The van der Waals surface area contributed by atoms with Crippen LogP contribution in [0.4, 0.5) is 5.69 Å². The number of carbonyl (C=O) groups excluding carboxylic acids is 1. The first kappa shape index (κ1) is 13.8. The number of nitrogens with one attached hydrogen (secondary N) is 1. The van der Waals surface area contributed by atoms with Crippen molar-refractivity contribution >= 4 is 38.5 Å². The zero-order valence-corrected chi connectivity index (χ0v) is 12.7. The summed E-state index contributed by atoms with van der Waals surface area (Å²) in [5, 5.41) is 3.98. The van der Waals surface area contributed by atoms with E-state index in [0.717, 1.165) is 26.6 Å². The van der Waals surface area contributed by atoms with Gasteiger partial charge < -0.3 is 10.1 Å². The van der Waals surface area contributed by atoms with Crippen molar-refractivity contribution in [2.75, 3.05) is 19.0 Å². The number of ether oxygens (including phenoxy) is 1. The number of anilines is 1. The number of benzene rings is 1. The second-order valence-corrected chi connectivity index (χ2v) is 4.94. The zero-order valence-electron chi connectivity index (χ0n) is 11.1. The molecule has 0 bridgehead atoms. The third-order valence-electron chi connectivity index (χ3n) is 2.97. The molecule has 1 N–H and O–H groups in total. The smallest absolute Gasteiger partial charge is 0.341 e. The maximum absolute atomic E-state index is 11.9. The summed E-state index contributed by atoms with van der Waals surface area (Å²) >= 11 is 3.48. The number of aryl methyl sites for hydroxylation is 1. The molecule has 4 nitrogen and oxygen atoms in total. The number of esters is 1. The van der Waals surface area contributed by atoms with Crippen LogP contribution in [0.1, 0.15) is 22.8 Å². The van der Waals surface area contributed by atoms with E-state index in [1.807, 2.05) is 19.1 Å². The number of pyridine rings is 1. The quantitative estimate of drug-likeness (QED) is 0.878. The Labute approximate surface area is 120 Å². The monoisotopic (exact) mass is 322 g/mol. The predicted molar refractivity (Wildman–Crippen MR) is 79.7 cm³/mol. The van der Waals surface area contributed by atoms with Crippen LogP contribution < -0.4 is 5.32 Å². The lowest BCUT2D eigenvalue weighted by molar-refractivity contribution is 0.0527. The van der Waals surface area contributed by atoms with Gasteiger partial charge in [0, 0.05) is 23.1 Å². The van der Waals surface area contributed by atoms with Gasteiger partial charge in [-0.1, -0.05) is 15.9 Å². The summed E-state index contributed by atoms with van der Waals surface area (Å²) in [6.07, 6.45) is 1.56. The minimum atomic E-state index is -0.359. The maximum Gasteiger partial charge on any atom is 0.341 e. The number of fused-ring (bicyclic) bond motifs is 1. The molecule has 100 valence electrons. The maximum atomic E-state index is 11.9. The minimum absolute atomic E-state index is 0.347. The van der Waals surface area contributed by atoms with Crippen molar-refractivity contribution in [2.45, 2.75) is 13.8 Å². The van der Waals surface area contributed by atoms with Crippen LogP contribution in [0.2, 0.25) is 0 Å².